The van der Waals surface area contributed by atoms with Crippen LogP contribution in [0, 0.1) is 0 Å². The van der Waals surface area contributed by atoms with Gasteiger partial charge in [0.1, 0.15) is 0 Å². The highest BCUT2D eigenvalue weighted by molar-refractivity contribution is 5.38. The van der Waals surface area contributed by atoms with Gasteiger partial charge in [-0.1, -0.05) is 0 Å². The van der Waals surface area contributed by atoms with E-state index in [1.807, 2.05) is 4.90 Å². The molecule has 6 heteroatoms. The summed E-state index contributed by atoms with van der Waals surface area (Å²) >= 11 is 0. The number of nitrogens with zero attached hydrogens (tertiary/aromatic N) is 4. The van der Waals surface area contributed by atoms with Crippen molar-refractivity contribution in [1.82, 2.24) is 15.0 Å². The van der Waals surface area contributed by atoms with Crippen molar-refractivity contribution in [3.05, 3.63) is 0 Å². The van der Waals surface area contributed by atoms with Crippen molar-refractivity contribution in [3.8, 4) is 12.0 Å². The molecule has 0 saturated carbocycles. The van der Waals surface area contributed by atoms with Crippen LogP contribution in [-0.4, -0.2) is 42.3 Å². The molecule has 1 fully saturated rings. The lowest BCUT2D eigenvalue weighted by atomic mass is 10.8. The number of methoxy groups -OCH3 is 2. The second-order valence-corrected chi connectivity index (χ2v) is 2.60. The summed E-state index contributed by atoms with van der Waals surface area (Å²) in [5.74, 6) is 0.615. The molecule has 0 spiro atoms. The minimum atomic E-state index is 0.286. The Balaban J connectivity index is 2.33. The predicted octanol–water partition coefficient (Wildman–Crippen LogP) is -0.291. The Kier molecular flexibility index (Phi) is 1.88. The molecule has 1 aromatic rings. The van der Waals surface area contributed by atoms with Gasteiger partial charge in [0.15, 0.2) is 0 Å². The summed E-state index contributed by atoms with van der Waals surface area (Å²) < 4.78 is 9.81. The van der Waals surface area contributed by atoms with Gasteiger partial charge in [0.05, 0.1) is 14.2 Å². The molecule has 0 atom stereocenters. The summed E-state index contributed by atoms with van der Waals surface area (Å²) in [6.07, 6.45) is 0. The van der Waals surface area contributed by atoms with Gasteiger partial charge in [-0.3, -0.25) is 0 Å². The molecule has 2 heterocycles. The first-order chi connectivity index (χ1) is 6.33. The molecule has 0 radical (unpaired) electrons. The molecule has 0 aromatic carbocycles. The zero-order chi connectivity index (χ0) is 9.26. The summed E-state index contributed by atoms with van der Waals surface area (Å²) in [6.45, 7) is 1.96. The fourth-order valence-corrected chi connectivity index (χ4v) is 0.902. The highest BCUT2D eigenvalue weighted by Crippen LogP contribution is 2.20. The standard InChI is InChI=1S/C7H10N4O2/c1-12-6-8-5(11-3-4-11)9-7(10-6)13-2/h3-4H2,1-2H3. The van der Waals surface area contributed by atoms with E-state index in [0.717, 1.165) is 13.1 Å². The largest absolute Gasteiger partial charge is 0.467 e. The smallest absolute Gasteiger partial charge is 0.324 e. The molecule has 0 bridgehead atoms. The van der Waals surface area contributed by atoms with E-state index >= 15 is 0 Å². The zero-order valence-corrected chi connectivity index (χ0v) is 7.52. The Morgan fingerprint density at radius 3 is 1.92 bits per heavy atom. The van der Waals surface area contributed by atoms with Crippen molar-refractivity contribution in [2.24, 2.45) is 0 Å². The summed E-state index contributed by atoms with van der Waals surface area (Å²) in [4.78, 5) is 14.0. The molecular formula is C7H10N4O2. The zero-order valence-electron chi connectivity index (χ0n) is 7.52. The maximum atomic E-state index is 4.91. The molecule has 0 unspecified atom stereocenters. The molecule has 6 nitrogen and oxygen atoms in total. The highest BCUT2D eigenvalue weighted by atomic mass is 16.5. The van der Waals surface area contributed by atoms with Gasteiger partial charge in [0, 0.05) is 13.1 Å². The molecule has 0 aliphatic carbocycles. The third kappa shape index (κ3) is 1.61. The lowest BCUT2D eigenvalue weighted by Crippen LogP contribution is -2.04. The normalized spacial score (nSPS) is 14.2. The fourth-order valence-electron chi connectivity index (χ4n) is 0.902. The fraction of sp³-hybridized carbons (Fsp3) is 0.571. The van der Waals surface area contributed by atoms with Crippen LogP contribution in [0.15, 0.2) is 0 Å². The Bertz CT molecular complexity index is 291. The summed E-state index contributed by atoms with van der Waals surface area (Å²) in [7, 11) is 3.03. The van der Waals surface area contributed by atoms with Crippen LogP contribution in [0.2, 0.25) is 0 Å². The third-order valence-electron chi connectivity index (χ3n) is 1.68. The van der Waals surface area contributed by atoms with Gasteiger partial charge in [0.25, 0.3) is 0 Å². The first-order valence-electron chi connectivity index (χ1n) is 3.92. The van der Waals surface area contributed by atoms with Gasteiger partial charge in [-0.15, -0.1) is 4.98 Å². The number of rotatable bonds is 3. The van der Waals surface area contributed by atoms with E-state index in [9.17, 15) is 0 Å². The van der Waals surface area contributed by atoms with E-state index in [1.54, 1.807) is 0 Å². The first-order valence-corrected chi connectivity index (χ1v) is 3.92. The van der Waals surface area contributed by atoms with Crippen molar-refractivity contribution in [2.45, 2.75) is 0 Å². The Morgan fingerprint density at radius 2 is 1.54 bits per heavy atom. The van der Waals surface area contributed by atoms with Crippen LogP contribution in [0.4, 0.5) is 5.95 Å². The second-order valence-electron chi connectivity index (χ2n) is 2.60. The molecule has 1 aliphatic heterocycles. The number of hydrogen-bond donors (Lipinski definition) is 0. The molecule has 1 aromatic heterocycles. The topological polar surface area (TPSA) is 60.1 Å². The average molecular weight is 182 g/mol. The van der Waals surface area contributed by atoms with Crippen LogP contribution in [-0.2, 0) is 0 Å². The predicted molar refractivity (Wildman–Crippen MR) is 45.1 cm³/mol. The summed E-state index contributed by atoms with van der Waals surface area (Å²) in [5.41, 5.74) is 0. The number of hydrogen-bond acceptors (Lipinski definition) is 6. The minimum absolute atomic E-state index is 0.286. The second kappa shape index (κ2) is 3.04. The Morgan fingerprint density at radius 1 is 1.00 bits per heavy atom. The molecule has 0 amide bonds. The van der Waals surface area contributed by atoms with Crippen LogP contribution < -0.4 is 14.4 Å². The van der Waals surface area contributed by atoms with E-state index in [4.69, 9.17) is 9.47 Å². The lowest BCUT2D eigenvalue weighted by molar-refractivity contribution is 0.341. The van der Waals surface area contributed by atoms with Crippen molar-refractivity contribution < 1.29 is 9.47 Å². The van der Waals surface area contributed by atoms with Gasteiger partial charge in [-0.05, 0) is 0 Å². The number of ether oxygens (including phenoxy) is 2. The van der Waals surface area contributed by atoms with Crippen molar-refractivity contribution in [1.29, 1.82) is 0 Å². The maximum Gasteiger partial charge on any atom is 0.324 e. The van der Waals surface area contributed by atoms with Crippen LogP contribution in [0.3, 0.4) is 0 Å². The third-order valence-corrected chi connectivity index (χ3v) is 1.68. The van der Waals surface area contributed by atoms with Gasteiger partial charge in [-0.25, -0.2) is 0 Å². The van der Waals surface area contributed by atoms with E-state index in [1.165, 1.54) is 14.2 Å². The van der Waals surface area contributed by atoms with Gasteiger partial charge >= 0.3 is 12.0 Å². The Labute approximate surface area is 75.5 Å². The summed E-state index contributed by atoms with van der Waals surface area (Å²) in [6, 6.07) is 0.572. The quantitative estimate of drug-likeness (QED) is 0.598. The van der Waals surface area contributed by atoms with E-state index in [0.29, 0.717) is 5.95 Å². The summed E-state index contributed by atoms with van der Waals surface area (Å²) in [5, 5.41) is 0. The van der Waals surface area contributed by atoms with Gasteiger partial charge in [-0.2, -0.15) is 9.97 Å². The van der Waals surface area contributed by atoms with Gasteiger partial charge < -0.3 is 14.4 Å². The van der Waals surface area contributed by atoms with Crippen molar-refractivity contribution >= 4 is 5.95 Å². The lowest BCUT2D eigenvalue weighted by Gasteiger charge is -2.04. The number of aromatic nitrogens is 3. The average Bonchev–Trinajstić information content (AvgIpc) is 3.00. The molecule has 2 rings (SSSR count). The first kappa shape index (κ1) is 8.03. The molecule has 1 saturated heterocycles. The van der Waals surface area contributed by atoms with Gasteiger partial charge in [0.2, 0.25) is 5.95 Å². The molecule has 0 N–H and O–H groups in total. The molecule has 13 heavy (non-hydrogen) atoms. The molecule has 70 valence electrons. The van der Waals surface area contributed by atoms with Crippen LogP contribution in [0.5, 0.6) is 12.0 Å². The maximum absolute atomic E-state index is 4.91. The highest BCUT2D eigenvalue weighted by Gasteiger charge is 2.22. The van der Waals surface area contributed by atoms with E-state index in [-0.39, 0.29) is 12.0 Å². The Hall–Kier alpha value is -1.59. The molecule has 1 aliphatic rings. The van der Waals surface area contributed by atoms with E-state index in [2.05, 4.69) is 15.0 Å². The molecular weight excluding hydrogens is 172 g/mol. The van der Waals surface area contributed by atoms with Crippen LogP contribution >= 0.6 is 0 Å². The van der Waals surface area contributed by atoms with Crippen molar-refractivity contribution in [3.63, 3.8) is 0 Å². The van der Waals surface area contributed by atoms with Crippen molar-refractivity contribution in [2.75, 3.05) is 32.2 Å². The van der Waals surface area contributed by atoms with E-state index < -0.39 is 0 Å². The SMILES string of the molecule is COc1nc(OC)nc(N2CC2)n1. The monoisotopic (exact) mass is 182 g/mol. The number of anilines is 1. The minimum Gasteiger partial charge on any atom is -0.467 e. The van der Waals surface area contributed by atoms with Crippen LogP contribution in [0.1, 0.15) is 0 Å². The van der Waals surface area contributed by atoms with Crippen LogP contribution in [0.25, 0.3) is 0 Å².